The van der Waals surface area contributed by atoms with Crippen molar-refractivity contribution in [1.29, 1.82) is 0 Å². The molecule has 3 aliphatic carbocycles. The fourth-order valence-corrected chi connectivity index (χ4v) is 6.95. The van der Waals surface area contributed by atoms with Crippen LogP contribution in [-0.2, 0) is 0 Å². The summed E-state index contributed by atoms with van der Waals surface area (Å²) in [4.78, 5) is 11.1. The molecule has 1 aromatic carbocycles. The summed E-state index contributed by atoms with van der Waals surface area (Å²) in [7, 11) is 0. The number of hydrogen-bond acceptors (Lipinski definition) is 2. The van der Waals surface area contributed by atoms with Crippen LogP contribution in [0.5, 0.6) is 0 Å². The van der Waals surface area contributed by atoms with Gasteiger partial charge >= 0.3 is 0 Å². The summed E-state index contributed by atoms with van der Waals surface area (Å²) in [6.45, 7) is 2.30. The monoisotopic (exact) mass is 374 g/mol. The Morgan fingerprint density at radius 2 is 1.67 bits per heavy atom. The van der Waals surface area contributed by atoms with Gasteiger partial charge in [0, 0.05) is 10.8 Å². The second kappa shape index (κ2) is 6.07. The van der Waals surface area contributed by atoms with E-state index in [0.717, 1.165) is 11.8 Å². The second-order valence-corrected chi connectivity index (χ2v) is 9.88. The Labute approximate surface area is 165 Å². The van der Waals surface area contributed by atoms with Crippen LogP contribution in [0.15, 0.2) is 30.5 Å². The average Bonchev–Trinajstić information content (AvgIpc) is 3.51. The van der Waals surface area contributed by atoms with Gasteiger partial charge in [-0.2, -0.15) is 0 Å². The predicted molar refractivity (Wildman–Crippen MR) is 113 cm³/mol. The Bertz CT molecular complexity index is 1010. The minimum absolute atomic E-state index is 0.647. The van der Waals surface area contributed by atoms with Crippen LogP contribution in [0.1, 0.15) is 85.2 Å². The van der Waals surface area contributed by atoms with E-state index in [0.29, 0.717) is 5.92 Å². The summed E-state index contributed by atoms with van der Waals surface area (Å²) in [5.74, 6) is 3.47. The number of thiophene rings is 1. The molecule has 3 heteroatoms. The number of fused-ring (bicyclic) bond motifs is 5. The largest absolute Gasteiger partial charge is 0.341 e. The minimum Gasteiger partial charge on any atom is -0.341 e. The molecular formula is C24H26N2S. The highest BCUT2D eigenvalue weighted by molar-refractivity contribution is 7.18. The van der Waals surface area contributed by atoms with Crippen molar-refractivity contribution in [2.75, 3.05) is 0 Å². The van der Waals surface area contributed by atoms with Crippen LogP contribution >= 0.6 is 11.3 Å². The summed E-state index contributed by atoms with van der Waals surface area (Å²) in [6.07, 6.45) is 11.5. The zero-order valence-corrected chi connectivity index (χ0v) is 16.7. The van der Waals surface area contributed by atoms with E-state index in [2.05, 4.69) is 36.2 Å². The lowest BCUT2D eigenvalue weighted by Gasteiger charge is -2.20. The first kappa shape index (κ1) is 16.1. The van der Waals surface area contributed by atoms with Gasteiger partial charge in [0.2, 0.25) is 0 Å². The van der Waals surface area contributed by atoms with Crippen LogP contribution in [-0.4, -0.2) is 9.97 Å². The number of hydrogen-bond donors (Lipinski definition) is 1. The van der Waals surface area contributed by atoms with Gasteiger partial charge in [-0.3, -0.25) is 0 Å². The third-order valence-electron chi connectivity index (χ3n) is 7.23. The molecule has 2 nitrogen and oxygen atoms in total. The molecule has 3 aliphatic rings. The van der Waals surface area contributed by atoms with Crippen molar-refractivity contribution in [3.63, 3.8) is 0 Å². The number of imidazole rings is 1. The van der Waals surface area contributed by atoms with Crippen LogP contribution in [0.25, 0.3) is 21.0 Å². The van der Waals surface area contributed by atoms with Crippen molar-refractivity contribution in [2.45, 2.75) is 69.6 Å². The van der Waals surface area contributed by atoms with Gasteiger partial charge in [0.1, 0.15) is 5.82 Å². The molecule has 2 saturated carbocycles. The van der Waals surface area contributed by atoms with Gasteiger partial charge in [0.25, 0.3) is 0 Å². The minimum atomic E-state index is 0.647. The first-order chi connectivity index (χ1) is 13.3. The van der Waals surface area contributed by atoms with E-state index in [9.17, 15) is 0 Å². The molecule has 0 amide bonds. The molecule has 2 atom stereocenters. The fourth-order valence-electron chi connectivity index (χ4n) is 5.94. The third-order valence-corrected chi connectivity index (χ3v) is 8.38. The zero-order chi connectivity index (χ0) is 18.0. The van der Waals surface area contributed by atoms with Crippen LogP contribution in [0.3, 0.4) is 0 Å². The molecule has 3 aromatic rings. The van der Waals surface area contributed by atoms with E-state index in [-0.39, 0.29) is 0 Å². The highest BCUT2D eigenvalue weighted by atomic mass is 32.1. The third kappa shape index (κ3) is 2.47. The van der Waals surface area contributed by atoms with Crippen LogP contribution in [0, 0.1) is 6.92 Å². The smallest absolute Gasteiger partial charge is 0.109 e. The van der Waals surface area contributed by atoms with E-state index >= 15 is 0 Å². The highest BCUT2D eigenvalue weighted by Gasteiger charge is 2.39. The molecule has 0 spiro atoms. The predicted octanol–water partition coefficient (Wildman–Crippen LogP) is 7.14. The van der Waals surface area contributed by atoms with Crippen molar-refractivity contribution in [3.05, 3.63) is 53.0 Å². The maximum absolute atomic E-state index is 4.71. The lowest BCUT2D eigenvalue weighted by Crippen LogP contribution is -2.02. The maximum atomic E-state index is 4.71. The van der Waals surface area contributed by atoms with Crippen molar-refractivity contribution in [1.82, 2.24) is 9.97 Å². The molecule has 6 rings (SSSR count). The topological polar surface area (TPSA) is 28.7 Å². The highest BCUT2D eigenvalue weighted by Crippen LogP contribution is 2.57. The molecule has 1 N–H and O–H groups in total. The van der Waals surface area contributed by atoms with Gasteiger partial charge in [-0.05, 0) is 85.3 Å². The summed E-state index contributed by atoms with van der Waals surface area (Å²) < 4.78 is 0. The van der Waals surface area contributed by atoms with E-state index < -0.39 is 0 Å². The molecule has 27 heavy (non-hydrogen) atoms. The van der Waals surface area contributed by atoms with Gasteiger partial charge in [-0.1, -0.05) is 25.0 Å². The van der Waals surface area contributed by atoms with Crippen molar-refractivity contribution >= 4 is 11.3 Å². The maximum Gasteiger partial charge on any atom is 0.109 e. The molecule has 2 heterocycles. The van der Waals surface area contributed by atoms with Gasteiger partial charge in [0.05, 0.1) is 16.8 Å². The number of aromatic nitrogens is 2. The van der Waals surface area contributed by atoms with Crippen LogP contribution in [0.4, 0.5) is 0 Å². The molecular weight excluding hydrogens is 348 g/mol. The number of benzene rings is 1. The van der Waals surface area contributed by atoms with Gasteiger partial charge in [0.15, 0.2) is 0 Å². The van der Waals surface area contributed by atoms with E-state index in [1.165, 1.54) is 77.3 Å². The molecule has 2 aromatic heterocycles. The molecule has 2 bridgehead atoms. The quantitative estimate of drug-likeness (QED) is 0.519. The lowest BCUT2D eigenvalue weighted by atomic mass is 9.85. The summed E-state index contributed by atoms with van der Waals surface area (Å²) >= 11 is 1.92. The van der Waals surface area contributed by atoms with Crippen molar-refractivity contribution < 1.29 is 0 Å². The van der Waals surface area contributed by atoms with E-state index in [1.807, 2.05) is 17.5 Å². The average molecular weight is 375 g/mol. The Balaban J connectivity index is 1.36. The van der Waals surface area contributed by atoms with E-state index in [1.54, 1.807) is 11.1 Å². The lowest BCUT2D eigenvalue weighted by molar-refractivity contribution is 0.679. The number of aryl methyl sites for hydroxylation is 1. The first-order valence-electron chi connectivity index (χ1n) is 10.6. The summed E-state index contributed by atoms with van der Waals surface area (Å²) in [6, 6.07) is 9.34. The summed E-state index contributed by atoms with van der Waals surface area (Å²) in [5, 5.41) is 0. The molecule has 138 valence electrons. The number of rotatable bonds is 3. The second-order valence-electron chi connectivity index (χ2n) is 8.79. The Morgan fingerprint density at radius 3 is 2.52 bits per heavy atom. The number of nitrogens with one attached hydrogen (secondary N) is 1. The van der Waals surface area contributed by atoms with Gasteiger partial charge in [-0.15, -0.1) is 11.3 Å². The zero-order valence-electron chi connectivity index (χ0n) is 15.9. The fraction of sp³-hybridized carbons (Fsp3) is 0.458. The Kier molecular flexibility index (Phi) is 3.62. The molecule has 0 aliphatic heterocycles. The molecule has 0 radical (unpaired) electrons. The number of H-pyrrole nitrogens is 1. The molecule has 0 saturated heterocycles. The first-order valence-corrected chi connectivity index (χ1v) is 11.4. The summed E-state index contributed by atoms with van der Waals surface area (Å²) in [5.41, 5.74) is 7.56. The van der Waals surface area contributed by atoms with Gasteiger partial charge < -0.3 is 4.98 Å². The SMILES string of the molecule is Cc1ccc(-c2ccc(-c3cnc(C4CCCC4)[nH]3)s2)c2c1C1CCC2C1. The molecule has 2 unspecified atom stereocenters. The van der Waals surface area contributed by atoms with Gasteiger partial charge in [-0.25, -0.2) is 4.98 Å². The standard InChI is InChI=1S/C24H26N2S/c1-14-6-9-18(23-17-8-7-16(12-17)22(14)23)20-10-11-21(27-20)19-13-25-24(26-19)15-4-2-3-5-15/h6,9-11,13,15-17H,2-5,7-8,12H2,1H3,(H,25,26). The molecule has 2 fully saturated rings. The van der Waals surface area contributed by atoms with Crippen LogP contribution in [0.2, 0.25) is 0 Å². The Hall–Kier alpha value is -1.87. The van der Waals surface area contributed by atoms with Crippen molar-refractivity contribution in [3.8, 4) is 21.0 Å². The number of nitrogens with zero attached hydrogens (tertiary/aromatic N) is 1. The normalized spacial score (nSPS) is 24.0. The van der Waals surface area contributed by atoms with Crippen molar-refractivity contribution in [2.24, 2.45) is 0 Å². The van der Waals surface area contributed by atoms with Crippen LogP contribution < -0.4 is 0 Å². The Morgan fingerprint density at radius 1 is 0.889 bits per heavy atom. The van der Waals surface area contributed by atoms with E-state index in [4.69, 9.17) is 4.98 Å². The number of aromatic amines is 1.